The molecule has 0 bridgehead atoms. The lowest BCUT2D eigenvalue weighted by atomic mass is 10.1. The number of aromatic nitrogens is 6. The number of nitrogens with zero attached hydrogens (tertiary/aromatic N) is 6. The van der Waals surface area contributed by atoms with Gasteiger partial charge >= 0.3 is 0 Å². The summed E-state index contributed by atoms with van der Waals surface area (Å²) in [6, 6.07) is 1.79. The number of hydrogen-bond donors (Lipinski definition) is 4. The van der Waals surface area contributed by atoms with Crippen LogP contribution >= 0.6 is 11.8 Å². The monoisotopic (exact) mass is 404 g/mol. The van der Waals surface area contributed by atoms with Gasteiger partial charge in [-0.1, -0.05) is 0 Å². The van der Waals surface area contributed by atoms with E-state index in [2.05, 4.69) is 30.2 Å². The van der Waals surface area contributed by atoms with Gasteiger partial charge in [-0.05, 0) is 6.07 Å². The van der Waals surface area contributed by atoms with Gasteiger partial charge in [-0.15, -0.1) is 0 Å². The molecule has 1 saturated heterocycles. The molecule has 12 heteroatoms. The van der Waals surface area contributed by atoms with E-state index >= 15 is 0 Å². The zero-order valence-electron chi connectivity index (χ0n) is 14.8. The highest BCUT2D eigenvalue weighted by molar-refractivity contribution is 7.99. The van der Waals surface area contributed by atoms with Crippen molar-refractivity contribution in [3.8, 4) is 0 Å². The van der Waals surface area contributed by atoms with Crippen LogP contribution in [0.2, 0.25) is 0 Å². The van der Waals surface area contributed by atoms with Gasteiger partial charge in [-0.25, -0.2) is 24.9 Å². The average molecular weight is 404 g/mol. The van der Waals surface area contributed by atoms with Gasteiger partial charge in [0.25, 0.3) is 0 Å². The van der Waals surface area contributed by atoms with Crippen molar-refractivity contribution < 1.29 is 14.9 Å². The van der Waals surface area contributed by atoms with E-state index in [4.69, 9.17) is 10.5 Å². The smallest absolute Gasteiger partial charge is 0.167 e. The van der Waals surface area contributed by atoms with Gasteiger partial charge in [0.05, 0.1) is 12.4 Å². The molecule has 3 aromatic rings. The van der Waals surface area contributed by atoms with E-state index < -0.39 is 24.5 Å². The van der Waals surface area contributed by atoms with Gasteiger partial charge in [-0.3, -0.25) is 4.57 Å². The predicted molar refractivity (Wildman–Crippen MR) is 104 cm³/mol. The first-order valence-corrected chi connectivity index (χ1v) is 9.83. The summed E-state index contributed by atoms with van der Waals surface area (Å²) < 4.78 is 7.48. The topological polar surface area (TPSA) is 157 Å². The van der Waals surface area contributed by atoms with Gasteiger partial charge in [0.1, 0.15) is 36.2 Å². The SMILES string of the molecule is Nc1ncnc2c1ncn2[C@@H]1O[C@@H](CSCCNc2ccncn2)[C@H](O)[C@@H]1O. The number of rotatable bonds is 7. The molecule has 4 rings (SSSR count). The molecule has 0 spiro atoms. The Morgan fingerprint density at radius 2 is 2.07 bits per heavy atom. The van der Waals surface area contributed by atoms with Crippen LogP contribution in [-0.2, 0) is 4.74 Å². The van der Waals surface area contributed by atoms with Crippen LogP contribution in [0, 0.1) is 0 Å². The molecule has 148 valence electrons. The summed E-state index contributed by atoms with van der Waals surface area (Å²) in [5, 5.41) is 24.0. The van der Waals surface area contributed by atoms with Crippen LogP contribution in [0.25, 0.3) is 11.2 Å². The van der Waals surface area contributed by atoms with E-state index in [0.29, 0.717) is 23.5 Å². The first kappa shape index (κ1) is 18.8. The highest BCUT2D eigenvalue weighted by Gasteiger charge is 2.44. The van der Waals surface area contributed by atoms with E-state index in [1.165, 1.54) is 19.0 Å². The Morgan fingerprint density at radius 3 is 2.89 bits per heavy atom. The predicted octanol–water partition coefficient (Wildman–Crippen LogP) is -0.337. The van der Waals surface area contributed by atoms with Crippen LogP contribution in [0.4, 0.5) is 11.6 Å². The number of aliphatic hydroxyl groups excluding tert-OH is 2. The number of nitrogen functional groups attached to an aromatic ring is 1. The maximum atomic E-state index is 10.4. The molecule has 0 saturated carbocycles. The van der Waals surface area contributed by atoms with Crippen molar-refractivity contribution in [2.45, 2.75) is 24.5 Å². The van der Waals surface area contributed by atoms with E-state index in [0.717, 1.165) is 11.6 Å². The minimum Gasteiger partial charge on any atom is -0.387 e. The Balaban J connectivity index is 1.33. The molecule has 1 fully saturated rings. The van der Waals surface area contributed by atoms with Crippen LogP contribution in [0.15, 0.2) is 31.2 Å². The number of hydrogen-bond acceptors (Lipinski definition) is 11. The normalized spacial score (nSPS) is 24.6. The lowest BCUT2D eigenvalue weighted by Gasteiger charge is -2.16. The lowest BCUT2D eigenvalue weighted by molar-refractivity contribution is -0.0288. The summed E-state index contributed by atoms with van der Waals surface area (Å²) in [5.41, 5.74) is 6.68. The Labute approximate surface area is 164 Å². The molecule has 0 radical (unpaired) electrons. The number of anilines is 2. The van der Waals surface area contributed by atoms with Crippen LogP contribution in [0.1, 0.15) is 6.23 Å². The van der Waals surface area contributed by atoms with E-state index in [9.17, 15) is 10.2 Å². The molecule has 11 nitrogen and oxygen atoms in total. The first-order chi connectivity index (χ1) is 13.6. The quantitative estimate of drug-likeness (QED) is 0.382. The van der Waals surface area contributed by atoms with Crippen molar-refractivity contribution in [2.24, 2.45) is 0 Å². The molecule has 1 aliphatic rings. The zero-order chi connectivity index (χ0) is 19.5. The van der Waals surface area contributed by atoms with E-state index in [1.807, 2.05) is 0 Å². The second-order valence-electron chi connectivity index (χ2n) is 6.23. The van der Waals surface area contributed by atoms with Gasteiger partial charge < -0.3 is 26.0 Å². The van der Waals surface area contributed by atoms with Crippen LogP contribution in [0.3, 0.4) is 0 Å². The fourth-order valence-corrected chi connectivity index (χ4v) is 3.92. The molecule has 5 N–H and O–H groups in total. The average Bonchev–Trinajstić information content (AvgIpc) is 3.26. The van der Waals surface area contributed by atoms with Crippen molar-refractivity contribution in [3.63, 3.8) is 0 Å². The van der Waals surface area contributed by atoms with Crippen molar-refractivity contribution >= 4 is 34.6 Å². The van der Waals surface area contributed by atoms with Gasteiger partial charge in [-0.2, -0.15) is 11.8 Å². The van der Waals surface area contributed by atoms with Crippen LogP contribution < -0.4 is 11.1 Å². The third-order valence-corrected chi connectivity index (χ3v) is 5.47. The number of nitrogens with one attached hydrogen (secondary N) is 1. The van der Waals surface area contributed by atoms with E-state index in [-0.39, 0.29) is 5.82 Å². The molecule has 1 aliphatic heterocycles. The minimum absolute atomic E-state index is 0.250. The Morgan fingerprint density at radius 1 is 1.18 bits per heavy atom. The number of imidazole rings is 1. The summed E-state index contributed by atoms with van der Waals surface area (Å²) in [6.45, 7) is 0.707. The van der Waals surface area contributed by atoms with Crippen molar-refractivity contribution in [2.75, 3.05) is 29.1 Å². The summed E-state index contributed by atoms with van der Waals surface area (Å²) in [4.78, 5) is 20.2. The van der Waals surface area contributed by atoms with Crippen molar-refractivity contribution in [3.05, 3.63) is 31.2 Å². The zero-order valence-corrected chi connectivity index (χ0v) is 15.6. The summed E-state index contributed by atoms with van der Waals surface area (Å²) >= 11 is 1.61. The highest BCUT2D eigenvalue weighted by Crippen LogP contribution is 2.33. The summed E-state index contributed by atoms with van der Waals surface area (Å²) in [7, 11) is 0. The molecule has 0 aromatic carbocycles. The lowest BCUT2D eigenvalue weighted by Crippen LogP contribution is -2.32. The largest absolute Gasteiger partial charge is 0.387 e. The molecule has 3 aromatic heterocycles. The second kappa shape index (κ2) is 8.22. The third-order valence-electron chi connectivity index (χ3n) is 4.42. The molecule has 0 amide bonds. The van der Waals surface area contributed by atoms with E-state index in [1.54, 1.807) is 28.6 Å². The maximum Gasteiger partial charge on any atom is 0.167 e. The fourth-order valence-electron chi connectivity index (χ4n) is 3.00. The number of ether oxygens (including phenoxy) is 1. The molecular weight excluding hydrogens is 384 g/mol. The Hall–Kier alpha value is -2.54. The molecule has 4 atom stereocenters. The van der Waals surface area contributed by atoms with Crippen LogP contribution in [-0.4, -0.2) is 76.1 Å². The van der Waals surface area contributed by atoms with Gasteiger partial charge in [0.2, 0.25) is 0 Å². The van der Waals surface area contributed by atoms with Crippen molar-refractivity contribution in [1.82, 2.24) is 29.5 Å². The molecule has 0 unspecified atom stereocenters. The first-order valence-electron chi connectivity index (χ1n) is 8.67. The number of thioether (sulfide) groups is 1. The molecule has 4 heterocycles. The van der Waals surface area contributed by atoms with Crippen molar-refractivity contribution in [1.29, 1.82) is 0 Å². The maximum absolute atomic E-state index is 10.4. The standard InChI is InChI=1S/C16H20N8O3S/c17-14-11-15(22-7-21-14)24(8-23-11)16-13(26)12(25)9(27-16)5-28-4-3-19-10-1-2-18-6-20-10/h1-2,6-9,12-13,16,25-26H,3-5H2,(H2,17,21,22)(H,18,19,20)/t9-,12-,13-,16+/m0/s1. The Bertz CT molecular complexity index is 927. The van der Waals surface area contributed by atoms with Gasteiger partial charge in [0.15, 0.2) is 17.7 Å². The summed E-state index contributed by atoms with van der Waals surface area (Å²) in [6.07, 6.45) is 2.55. The molecule has 28 heavy (non-hydrogen) atoms. The minimum atomic E-state index is -1.10. The summed E-state index contributed by atoms with van der Waals surface area (Å²) in [5.74, 6) is 2.33. The second-order valence-corrected chi connectivity index (χ2v) is 7.38. The van der Waals surface area contributed by atoms with Crippen LogP contribution in [0.5, 0.6) is 0 Å². The highest BCUT2D eigenvalue weighted by atomic mass is 32.2. The molecular formula is C16H20N8O3S. The van der Waals surface area contributed by atoms with Gasteiger partial charge in [0, 0.05) is 24.2 Å². The third kappa shape index (κ3) is 3.71. The molecule has 0 aliphatic carbocycles. The number of aliphatic hydroxyl groups is 2. The number of fused-ring (bicyclic) bond motifs is 1. The fraction of sp³-hybridized carbons (Fsp3) is 0.438. The number of nitrogens with two attached hydrogens (primary N) is 1. The Kier molecular flexibility index (Phi) is 5.52.